The molecule has 0 unspecified atom stereocenters. The zero-order chi connectivity index (χ0) is 18.4. The first-order valence-corrected chi connectivity index (χ1v) is 9.89. The molecule has 0 radical (unpaired) electrons. The normalized spacial score (nSPS) is 15.5. The minimum absolute atomic E-state index is 0.226. The van der Waals surface area contributed by atoms with Gasteiger partial charge in [0.2, 0.25) is 5.88 Å². The lowest BCUT2D eigenvalue weighted by Gasteiger charge is -2.14. The summed E-state index contributed by atoms with van der Waals surface area (Å²) in [6.45, 7) is 0.729. The number of aryl methyl sites for hydroxylation is 2. The molecule has 0 atom stereocenters. The molecule has 0 bridgehead atoms. The van der Waals surface area contributed by atoms with Gasteiger partial charge in [0.15, 0.2) is 0 Å². The number of amides is 2. The van der Waals surface area contributed by atoms with Gasteiger partial charge in [0.05, 0.1) is 23.1 Å². The molecule has 2 aliphatic rings. The largest absolute Gasteiger partial charge is 0.477 e. The molecule has 0 spiro atoms. The van der Waals surface area contributed by atoms with E-state index >= 15 is 0 Å². The van der Waals surface area contributed by atoms with Gasteiger partial charge >= 0.3 is 0 Å². The first-order valence-electron chi connectivity index (χ1n) is 9.07. The van der Waals surface area contributed by atoms with Crippen LogP contribution in [0.1, 0.15) is 44.0 Å². The highest BCUT2D eigenvalue weighted by Gasteiger charge is 2.34. The highest BCUT2D eigenvalue weighted by molar-refractivity contribution is 7.18. The predicted octanol–water partition coefficient (Wildman–Crippen LogP) is 3.25. The van der Waals surface area contributed by atoms with Crippen LogP contribution in [0.25, 0.3) is 10.2 Å². The number of thiophene rings is 1. The van der Waals surface area contributed by atoms with Crippen molar-refractivity contribution in [1.82, 2.24) is 14.9 Å². The number of imide groups is 1. The topological polar surface area (TPSA) is 72.4 Å². The third-order valence-electron chi connectivity index (χ3n) is 5.11. The minimum atomic E-state index is -0.226. The van der Waals surface area contributed by atoms with Crippen molar-refractivity contribution in [2.45, 2.75) is 25.7 Å². The fraction of sp³-hybridized carbons (Fsp3) is 0.300. The Morgan fingerprint density at radius 1 is 1.07 bits per heavy atom. The van der Waals surface area contributed by atoms with Gasteiger partial charge in [0.1, 0.15) is 11.2 Å². The lowest BCUT2D eigenvalue weighted by atomic mass is 10.1. The fourth-order valence-corrected chi connectivity index (χ4v) is 5.06. The molecule has 7 heteroatoms. The van der Waals surface area contributed by atoms with Crippen molar-refractivity contribution < 1.29 is 14.3 Å². The number of rotatable bonds is 5. The molecule has 1 aliphatic carbocycles. The average molecular weight is 379 g/mol. The summed E-state index contributed by atoms with van der Waals surface area (Å²) in [6.07, 6.45) is 5.42. The smallest absolute Gasteiger partial charge is 0.261 e. The van der Waals surface area contributed by atoms with Crippen LogP contribution in [0.3, 0.4) is 0 Å². The second-order valence-electron chi connectivity index (χ2n) is 6.73. The van der Waals surface area contributed by atoms with Gasteiger partial charge in [-0.1, -0.05) is 12.1 Å². The Balaban J connectivity index is 1.26. The number of hydrogen-bond donors (Lipinski definition) is 0. The van der Waals surface area contributed by atoms with Gasteiger partial charge in [-0.2, -0.15) is 0 Å². The molecule has 1 aromatic carbocycles. The number of carbonyl (C=O) groups is 2. The predicted molar refractivity (Wildman–Crippen MR) is 101 cm³/mol. The standard InChI is InChI=1S/C20H17N3O3S/c24-19-12-5-1-2-6-13(12)20(25)23(19)9-4-10-26-17-16-14-7-3-8-15(14)27-18(16)22-11-21-17/h1-2,5-6,11H,3-4,7-10H2. The Morgan fingerprint density at radius 3 is 2.63 bits per heavy atom. The first-order chi connectivity index (χ1) is 13.2. The van der Waals surface area contributed by atoms with Gasteiger partial charge in [-0.25, -0.2) is 9.97 Å². The number of aromatic nitrogens is 2. The van der Waals surface area contributed by atoms with E-state index < -0.39 is 0 Å². The Labute approximate surface area is 159 Å². The summed E-state index contributed by atoms with van der Waals surface area (Å²) in [5, 5.41) is 1.04. The molecule has 6 nitrogen and oxygen atoms in total. The van der Waals surface area contributed by atoms with E-state index in [1.165, 1.54) is 28.1 Å². The summed E-state index contributed by atoms with van der Waals surface area (Å²) in [6, 6.07) is 6.94. The third-order valence-corrected chi connectivity index (χ3v) is 6.31. The Bertz CT molecular complexity index is 1040. The van der Waals surface area contributed by atoms with E-state index in [0.717, 1.165) is 23.1 Å². The average Bonchev–Trinajstić information content (AvgIpc) is 3.34. The molecular weight excluding hydrogens is 362 g/mol. The molecule has 136 valence electrons. The van der Waals surface area contributed by atoms with Gasteiger partial charge < -0.3 is 4.74 Å². The summed E-state index contributed by atoms with van der Waals surface area (Å²) in [5.41, 5.74) is 2.29. The molecular formula is C20H17N3O3S. The monoisotopic (exact) mass is 379 g/mol. The van der Waals surface area contributed by atoms with E-state index in [-0.39, 0.29) is 11.8 Å². The number of carbonyl (C=O) groups excluding carboxylic acids is 2. The van der Waals surface area contributed by atoms with E-state index in [9.17, 15) is 9.59 Å². The summed E-state index contributed by atoms with van der Waals surface area (Å²) in [5.74, 6) is 0.160. The number of nitrogens with zero attached hydrogens (tertiary/aromatic N) is 3. The van der Waals surface area contributed by atoms with E-state index in [1.54, 1.807) is 35.6 Å². The van der Waals surface area contributed by atoms with Crippen molar-refractivity contribution in [1.29, 1.82) is 0 Å². The highest BCUT2D eigenvalue weighted by atomic mass is 32.1. The summed E-state index contributed by atoms with van der Waals surface area (Å²) < 4.78 is 5.92. The van der Waals surface area contributed by atoms with Crippen LogP contribution in [0.4, 0.5) is 0 Å². The van der Waals surface area contributed by atoms with Crippen LogP contribution < -0.4 is 4.74 Å². The van der Waals surface area contributed by atoms with Gasteiger partial charge in [0.25, 0.3) is 11.8 Å². The molecule has 0 saturated heterocycles. The minimum Gasteiger partial charge on any atom is -0.477 e. The number of fused-ring (bicyclic) bond motifs is 4. The zero-order valence-electron chi connectivity index (χ0n) is 14.6. The van der Waals surface area contributed by atoms with Gasteiger partial charge in [-0.15, -0.1) is 11.3 Å². The van der Waals surface area contributed by atoms with Crippen molar-refractivity contribution in [2.24, 2.45) is 0 Å². The Hall–Kier alpha value is -2.80. The number of ether oxygens (including phenoxy) is 1. The molecule has 3 aromatic rings. The van der Waals surface area contributed by atoms with Crippen LogP contribution in [-0.2, 0) is 12.8 Å². The lowest BCUT2D eigenvalue weighted by molar-refractivity contribution is 0.0646. The Kier molecular flexibility index (Phi) is 3.89. The summed E-state index contributed by atoms with van der Waals surface area (Å²) >= 11 is 1.73. The van der Waals surface area contributed by atoms with Crippen LogP contribution in [-0.4, -0.2) is 39.8 Å². The van der Waals surface area contributed by atoms with Crippen LogP contribution in [0.15, 0.2) is 30.6 Å². The molecule has 27 heavy (non-hydrogen) atoms. The second-order valence-corrected chi connectivity index (χ2v) is 7.81. The van der Waals surface area contributed by atoms with Crippen molar-refractivity contribution in [2.75, 3.05) is 13.2 Å². The molecule has 0 fully saturated rings. The first kappa shape index (κ1) is 16.4. The fourth-order valence-electron chi connectivity index (χ4n) is 3.84. The maximum Gasteiger partial charge on any atom is 0.261 e. The molecule has 2 amide bonds. The van der Waals surface area contributed by atoms with E-state index in [2.05, 4.69) is 9.97 Å². The molecule has 1 aliphatic heterocycles. The van der Waals surface area contributed by atoms with E-state index in [1.807, 2.05) is 0 Å². The third kappa shape index (κ3) is 2.61. The maximum atomic E-state index is 12.4. The van der Waals surface area contributed by atoms with E-state index in [0.29, 0.717) is 36.6 Å². The van der Waals surface area contributed by atoms with Crippen LogP contribution in [0, 0.1) is 0 Å². The maximum absolute atomic E-state index is 12.4. The summed E-state index contributed by atoms with van der Waals surface area (Å²) in [4.78, 5) is 37.1. The van der Waals surface area contributed by atoms with Crippen LogP contribution in [0.5, 0.6) is 5.88 Å². The molecule has 0 N–H and O–H groups in total. The van der Waals surface area contributed by atoms with Gasteiger partial charge in [-0.05, 0) is 43.4 Å². The van der Waals surface area contributed by atoms with Crippen molar-refractivity contribution >= 4 is 33.4 Å². The summed E-state index contributed by atoms with van der Waals surface area (Å²) in [7, 11) is 0. The molecule has 3 heterocycles. The SMILES string of the molecule is O=C1c2ccccc2C(=O)N1CCCOc1ncnc2sc3c(c12)CCC3. The quantitative estimate of drug-likeness (QED) is 0.503. The Morgan fingerprint density at radius 2 is 1.85 bits per heavy atom. The molecule has 5 rings (SSSR count). The highest BCUT2D eigenvalue weighted by Crippen LogP contribution is 2.39. The second kappa shape index (κ2) is 6.42. The number of hydrogen-bond acceptors (Lipinski definition) is 6. The van der Waals surface area contributed by atoms with Gasteiger partial charge in [0, 0.05) is 11.4 Å². The van der Waals surface area contributed by atoms with Crippen LogP contribution in [0.2, 0.25) is 0 Å². The van der Waals surface area contributed by atoms with Crippen molar-refractivity contribution in [3.05, 3.63) is 52.2 Å². The molecule has 0 saturated carbocycles. The van der Waals surface area contributed by atoms with Gasteiger partial charge in [-0.3, -0.25) is 14.5 Å². The van der Waals surface area contributed by atoms with Crippen molar-refractivity contribution in [3.63, 3.8) is 0 Å². The van der Waals surface area contributed by atoms with E-state index in [4.69, 9.17) is 4.74 Å². The lowest BCUT2D eigenvalue weighted by Crippen LogP contribution is -2.31. The van der Waals surface area contributed by atoms with Crippen molar-refractivity contribution in [3.8, 4) is 5.88 Å². The number of benzene rings is 1. The zero-order valence-corrected chi connectivity index (χ0v) is 15.4. The van der Waals surface area contributed by atoms with Crippen LogP contribution >= 0.6 is 11.3 Å². The molecule has 2 aromatic heterocycles.